The third kappa shape index (κ3) is 7.48. The number of fused-ring (bicyclic) bond motifs is 5. The van der Waals surface area contributed by atoms with Crippen LogP contribution in [0.25, 0.3) is 32.4 Å². The Morgan fingerprint density at radius 2 is 1.80 bits per heavy atom. The number of nitrogens with one attached hydrogen (secondary N) is 3. The first-order chi connectivity index (χ1) is 27.8. The number of anilines is 2. The number of allylic oxidation sites excluding steroid dienone is 2. The van der Waals surface area contributed by atoms with Crippen LogP contribution in [0.3, 0.4) is 0 Å². The molecule has 2 aromatic carbocycles. The highest BCUT2D eigenvalue weighted by Crippen LogP contribution is 2.60. The minimum atomic E-state index is -5.10. The molecule has 0 bridgehead atoms. The fraction of sp³-hybridized carbons (Fsp3) is 0.324. The summed E-state index contributed by atoms with van der Waals surface area (Å²) in [5.41, 5.74) is -1.83. The van der Waals surface area contributed by atoms with Crippen molar-refractivity contribution < 1.29 is 48.7 Å². The van der Waals surface area contributed by atoms with Gasteiger partial charge in [-0.3, -0.25) is 18.9 Å². The summed E-state index contributed by atoms with van der Waals surface area (Å²) >= 11 is 1.22. The first kappa shape index (κ1) is 40.2. The molecule has 2 aliphatic carbocycles. The van der Waals surface area contributed by atoms with Gasteiger partial charge in [-0.25, -0.2) is 27.2 Å². The number of methoxy groups -OCH3 is 1. The summed E-state index contributed by atoms with van der Waals surface area (Å²) in [6.07, 6.45) is -2.14. The molecule has 3 atom stereocenters. The minimum absolute atomic E-state index is 0.00960. The molecule has 2 aliphatic rings. The first-order valence-electron chi connectivity index (χ1n) is 17.8. The maximum Gasteiger partial charge on any atom is 0.435 e. The van der Waals surface area contributed by atoms with Crippen molar-refractivity contribution in [3.8, 4) is 11.1 Å². The van der Waals surface area contributed by atoms with Crippen LogP contribution in [-0.2, 0) is 51.7 Å². The van der Waals surface area contributed by atoms with Crippen LogP contribution < -0.4 is 15.4 Å². The number of aryl methyl sites for hydroxylation is 1. The van der Waals surface area contributed by atoms with E-state index in [9.17, 15) is 35.2 Å². The van der Waals surface area contributed by atoms with Crippen LogP contribution in [0.1, 0.15) is 40.2 Å². The van der Waals surface area contributed by atoms with Gasteiger partial charge < -0.3 is 15.4 Å². The van der Waals surface area contributed by atoms with Gasteiger partial charge in [0, 0.05) is 54.8 Å². The number of carbonyl (C=O) groups is 1. The standard InChI is InChI=1S/C37H32F7N9O4S2/c1-52-30-20(5-4-6-22(30)33(50-52)51-59(3,55)56)23-15-26-34(48-35(58-26)45-9-10-57-2)47-29(23)25(13-17-11-18(38)14-19(39)12-17)46-27(54)16-53-32-28(31(49-53)37(42,43)44)21-7-8-24(21)36(32,40)41/h4-8,11-12,14-15,21,24-25H,9-10,13,16H2,1-3H3,(H,46,54)(H,50,51)(H,45,47,48)/t21-,24+,25-/m0/s1. The molecule has 0 unspecified atom stereocenters. The van der Waals surface area contributed by atoms with Gasteiger partial charge in [0.1, 0.15) is 23.9 Å². The zero-order valence-electron chi connectivity index (χ0n) is 31.0. The van der Waals surface area contributed by atoms with Gasteiger partial charge in [0.25, 0.3) is 5.92 Å². The van der Waals surface area contributed by atoms with Gasteiger partial charge >= 0.3 is 6.18 Å². The average Bonchev–Trinajstić information content (AvgIpc) is 3.81. The topological polar surface area (TPSA) is 158 Å². The zero-order chi connectivity index (χ0) is 42.2. The zero-order valence-corrected chi connectivity index (χ0v) is 32.7. The third-order valence-electron chi connectivity index (χ3n) is 9.99. The third-order valence-corrected chi connectivity index (χ3v) is 11.5. The Kier molecular flexibility index (Phi) is 9.93. The number of hydrogen-bond donors (Lipinski definition) is 3. The fourth-order valence-electron chi connectivity index (χ4n) is 7.64. The molecule has 3 N–H and O–H groups in total. The average molecular weight is 864 g/mol. The summed E-state index contributed by atoms with van der Waals surface area (Å²) in [5, 5.41) is 14.5. The van der Waals surface area contributed by atoms with Gasteiger partial charge in [-0.15, -0.1) is 0 Å². The summed E-state index contributed by atoms with van der Waals surface area (Å²) in [6, 6.07) is 7.97. The lowest BCUT2D eigenvalue weighted by Crippen LogP contribution is -2.36. The monoisotopic (exact) mass is 863 g/mol. The van der Waals surface area contributed by atoms with Crippen LogP contribution in [0.2, 0.25) is 0 Å². The highest BCUT2D eigenvalue weighted by Gasteiger charge is 2.61. The number of carbonyl (C=O) groups excluding carboxylic acids is 1. The number of halogens is 7. The molecule has 0 radical (unpaired) electrons. The van der Waals surface area contributed by atoms with Crippen LogP contribution in [-0.4, -0.2) is 70.4 Å². The van der Waals surface area contributed by atoms with Crippen LogP contribution in [0, 0.1) is 17.6 Å². The Bertz CT molecular complexity index is 2780. The molecule has 0 fully saturated rings. The van der Waals surface area contributed by atoms with E-state index < -0.39 is 81.0 Å². The quantitative estimate of drug-likeness (QED) is 0.0658. The van der Waals surface area contributed by atoms with E-state index in [0.717, 1.165) is 24.5 Å². The number of para-hydroxylation sites is 1. The van der Waals surface area contributed by atoms with E-state index in [1.54, 1.807) is 31.3 Å². The number of nitrogens with zero attached hydrogens (tertiary/aromatic N) is 6. The SMILES string of the molecule is COCCNc1nc2nc([C@H](Cc3cc(F)cc(F)c3)NC(=O)Cn3nc(C(F)(F)F)c4c3C(F)(F)[C@@H]3C=C[C@H]43)c(-c3cccc4c(NS(C)(=O)=O)nn(C)c34)cc2s1. The Hall–Kier alpha value is -5.61. The summed E-state index contributed by atoms with van der Waals surface area (Å²) in [6.45, 7) is -0.354. The molecule has 4 heterocycles. The van der Waals surface area contributed by atoms with E-state index in [1.807, 2.05) is 0 Å². The van der Waals surface area contributed by atoms with E-state index in [-0.39, 0.29) is 29.1 Å². The number of rotatable bonds is 13. The smallest absolute Gasteiger partial charge is 0.383 e. The lowest BCUT2D eigenvalue weighted by molar-refractivity contribution is -0.142. The van der Waals surface area contributed by atoms with Gasteiger partial charge in [0.2, 0.25) is 15.9 Å². The highest BCUT2D eigenvalue weighted by molar-refractivity contribution is 7.92. The van der Waals surface area contributed by atoms with Crippen LogP contribution in [0.15, 0.2) is 54.6 Å². The molecule has 4 aromatic heterocycles. The number of pyridine rings is 1. The van der Waals surface area contributed by atoms with Gasteiger partial charge in [-0.2, -0.15) is 32.1 Å². The van der Waals surface area contributed by atoms with Gasteiger partial charge in [-0.1, -0.05) is 35.6 Å². The largest absolute Gasteiger partial charge is 0.435 e. The molecule has 310 valence electrons. The molecule has 1 amide bonds. The maximum absolute atomic E-state index is 15.6. The Morgan fingerprint density at radius 1 is 1.05 bits per heavy atom. The Labute approximate surface area is 334 Å². The lowest BCUT2D eigenvalue weighted by atomic mass is 9.81. The van der Waals surface area contributed by atoms with E-state index in [4.69, 9.17) is 9.72 Å². The molecule has 13 nitrogen and oxygen atoms in total. The van der Waals surface area contributed by atoms with Crippen LogP contribution in [0.4, 0.5) is 41.7 Å². The molecule has 22 heteroatoms. The number of hydrogen-bond acceptors (Lipinski definition) is 10. The van der Waals surface area contributed by atoms with Crippen molar-refractivity contribution in [2.24, 2.45) is 13.0 Å². The Balaban J connectivity index is 1.28. The number of benzene rings is 2. The molecule has 59 heavy (non-hydrogen) atoms. The van der Waals surface area contributed by atoms with E-state index in [0.29, 0.717) is 55.8 Å². The van der Waals surface area contributed by atoms with E-state index in [2.05, 4.69) is 30.5 Å². The van der Waals surface area contributed by atoms with Crippen molar-refractivity contribution in [2.75, 3.05) is 36.6 Å². The first-order valence-corrected chi connectivity index (χ1v) is 20.5. The summed E-state index contributed by atoms with van der Waals surface area (Å²) < 4.78 is 137. The van der Waals surface area contributed by atoms with Crippen molar-refractivity contribution in [1.82, 2.24) is 34.8 Å². The number of ether oxygens (including phenoxy) is 1. The maximum atomic E-state index is 15.6. The molecule has 0 saturated heterocycles. The molecular weight excluding hydrogens is 832 g/mol. The summed E-state index contributed by atoms with van der Waals surface area (Å²) in [4.78, 5) is 23.4. The molecule has 0 spiro atoms. The van der Waals surface area contributed by atoms with Crippen molar-refractivity contribution >= 4 is 59.5 Å². The fourth-order valence-corrected chi connectivity index (χ4v) is 9.01. The second-order valence-electron chi connectivity index (χ2n) is 14.2. The van der Waals surface area contributed by atoms with Crippen molar-refractivity contribution in [2.45, 2.75) is 37.0 Å². The number of thiazole rings is 1. The van der Waals surface area contributed by atoms with E-state index in [1.165, 1.54) is 29.2 Å². The van der Waals surface area contributed by atoms with Crippen molar-refractivity contribution in [3.63, 3.8) is 0 Å². The number of aromatic nitrogens is 6. The number of sulfonamides is 1. The minimum Gasteiger partial charge on any atom is -0.383 e. The molecule has 0 aliphatic heterocycles. The lowest BCUT2D eigenvalue weighted by Gasteiger charge is -2.27. The van der Waals surface area contributed by atoms with Gasteiger partial charge in [0.15, 0.2) is 22.3 Å². The molecule has 0 saturated carbocycles. The summed E-state index contributed by atoms with van der Waals surface area (Å²) in [5.74, 6) is -9.48. The predicted octanol–water partition coefficient (Wildman–Crippen LogP) is 6.64. The Morgan fingerprint density at radius 3 is 2.46 bits per heavy atom. The second kappa shape index (κ2) is 14.6. The number of amides is 1. The van der Waals surface area contributed by atoms with Gasteiger partial charge in [-0.05, 0) is 36.2 Å². The number of alkyl halides is 5. The normalized spacial score (nSPS) is 17.5. The van der Waals surface area contributed by atoms with Crippen molar-refractivity contribution in [1.29, 1.82) is 0 Å². The van der Waals surface area contributed by atoms with Crippen molar-refractivity contribution in [3.05, 3.63) is 94.5 Å². The summed E-state index contributed by atoms with van der Waals surface area (Å²) in [7, 11) is -0.688. The van der Waals surface area contributed by atoms with Gasteiger partial charge in [0.05, 0.1) is 40.7 Å². The highest BCUT2D eigenvalue weighted by atomic mass is 32.2. The predicted molar refractivity (Wildman–Crippen MR) is 203 cm³/mol. The van der Waals surface area contributed by atoms with E-state index >= 15 is 8.78 Å². The second-order valence-corrected chi connectivity index (χ2v) is 16.9. The molecule has 8 rings (SSSR count). The van der Waals surface area contributed by atoms with Crippen LogP contribution in [0.5, 0.6) is 0 Å². The molecular formula is C37H32F7N9O4S2. The van der Waals surface area contributed by atoms with Crippen LogP contribution >= 0.6 is 11.3 Å². The molecule has 6 aromatic rings.